The van der Waals surface area contributed by atoms with Crippen LogP contribution in [0.4, 0.5) is 4.79 Å². The molecule has 14 nitrogen and oxygen atoms in total. The Morgan fingerprint density at radius 3 is 2.33 bits per heavy atom. The summed E-state index contributed by atoms with van der Waals surface area (Å²) in [4.78, 5) is 79.9. The number of benzene rings is 1. The molecule has 232 valence electrons. The molecule has 1 aromatic carbocycles. The van der Waals surface area contributed by atoms with Crippen LogP contribution in [0.1, 0.15) is 58.4 Å². The maximum atomic E-state index is 13.6. The zero-order chi connectivity index (χ0) is 31.6. The van der Waals surface area contributed by atoms with Crippen molar-refractivity contribution in [2.75, 3.05) is 20.1 Å². The number of amides is 6. The van der Waals surface area contributed by atoms with Crippen molar-refractivity contribution < 1.29 is 33.9 Å². The topological polar surface area (TPSA) is 208 Å². The highest BCUT2D eigenvalue weighted by Crippen LogP contribution is 2.22. The average Bonchev–Trinajstić information content (AvgIpc) is 3.45. The van der Waals surface area contributed by atoms with Gasteiger partial charge in [0.2, 0.25) is 17.4 Å². The smallest absolute Gasteiger partial charge is 0.345 e. The van der Waals surface area contributed by atoms with Crippen molar-refractivity contribution in [2.24, 2.45) is 11.5 Å². The molecule has 1 heterocycles. The Morgan fingerprint density at radius 1 is 1.12 bits per heavy atom. The zero-order valence-corrected chi connectivity index (χ0v) is 24.7. The Bertz CT molecular complexity index is 1150. The van der Waals surface area contributed by atoms with E-state index in [9.17, 15) is 33.9 Å². The molecule has 0 spiro atoms. The molecule has 1 aliphatic heterocycles. The third-order valence-corrected chi connectivity index (χ3v) is 7.13. The monoisotopic (exact) mass is 589 g/mol. The lowest BCUT2D eigenvalue weighted by molar-refractivity contribution is -0.158. The average molecular weight is 590 g/mol. The first kappa shape index (κ1) is 34.3. The van der Waals surface area contributed by atoms with E-state index in [-0.39, 0.29) is 25.9 Å². The molecule has 0 bridgehead atoms. The molecule has 0 saturated carbocycles. The van der Waals surface area contributed by atoms with Crippen LogP contribution in [0.2, 0.25) is 0 Å². The van der Waals surface area contributed by atoms with Crippen LogP contribution in [-0.4, -0.2) is 99.2 Å². The number of hydrogen-bond donors (Lipinski definition) is 5. The van der Waals surface area contributed by atoms with Gasteiger partial charge in [0.05, 0.1) is 12.6 Å². The minimum atomic E-state index is -2.47. The maximum absolute atomic E-state index is 13.6. The fourth-order valence-corrected chi connectivity index (χ4v) is 4.60. The molecule has 14 heteroatoms. The van der Waals surface area contributed by atoms with Crippen molar-refractivity contribution in [3.8, 4) is 0 Å². The number of ketones is 1. The van der Waals surface area contributed by atoms with Crippen molar-refractivity contribution >= 4 is 35.4 Å². The largest absolute Gasteiger partial charge is 0.373 e. The van der Waals surface area contributed by atoms with E-state index >= 15 is 0 Å². The third-order valence-electron chi connectivity index (χ3n) is 7.13. The summed E-state index contributed by atoms with van der Waals surface area (Å²) in [6, 6.07) is 4.81. The maximum Gasteiger partial charge on any atom is 0.345 e. The first-order chi connectivity index (χ1) is 19.7. The second-order valence-corrected chi connectivity index (χ2v) is 10.6. The highest BCUT2D eigenvalue weighted by Gasteiger charge is 2.46. The van der Waals surface area contributed by atoms with Crippen molar-refractivity contribution in [2.45, 2.75) is 83.1 Å². The van der Waals surface area contributed by atoms with Gasteiger partial charge in [-0.15, -0.1) is 0 Å². The molecule has 1 unspecified atom stereocenters. The van der Waals surface area contributed by atoms with Gasteiger partial charge in [0.1, 0.15) is 12.1 Å². The molecule has 42 heavy (non-hydrogen) atoms. The van der Waals surface area contributed by atoms with Crippen molar-refractivity contribution in [3.05, 3.63) is 35.9 Å². The number of nitrogens with two attached hydrogens (primary N) is 2. The highest BCUT2D eigenvalue weighted by molar-refractivity contribution is 6.12. The number of nitrogens with zero attached hydrogens (tertiary/aromatic N) is 3. The number of urea groups is 1. The molecule has 0 radical (unpaired) electrons. The predicted octanol–water partition coefficient (Wildman–Crippen LogP) is -0.610. The summed E-state index contributed by atoms with van der Waals surface area (Å²) < 4.78 is 0. The fraction of sp³-hybridized carbons (Fsp3) is 0.571. The SMILES string of the molecule is CC(=O)C(O)(CCCCN)C(=O)N(Cc1ccccc1)C(=O)N(C)NC(=O)[C@@H]1CCCN1C(=O)[C@H](C)NC(=O)[C@H](C)N. The van der Waals surface area contributed by atoms with Crippen molar-refractivity contribution in [3.63, 3.8) is 0 Å². The Balaban J connectivity index is 2.25. The fourth-order valence-electron chi connectivity index (χ4n) is 4.60. The summed E-state index contributed by atoms with van der Waals surface area (Å²) in [6.45, 7) is 4.31. The summed E-state index contributed by atoms with van der Waals surface area (Å²) in [5.41, 5.74) is 11.6. The Kier molecular flexibility index (Phi) is 12.6. The standard InChI is InChI=1S/C28H43N7O7/c1-18(30)23(37)31-19(2)25(39)34-16-10-13-22(34)24(38)32-33(4)27(41)35(17-21-11-6-5-7-12-21)26(40)28(42,20(3)36)14-8-9-15-29/h5-7,11-12,18-19,22,42H,8-10,13-17,29-30H2,1-4H3,(H,31,37)(H,32,38)/t18-,19-,22-,28?/m0/s1. The first-order valence-electron chi connectivity index (χ1n) is 14.0. The summed E-state index contributed by atoms with van der Waals surface area (Å²) in [7, 11) is 1.22. The lowest BCUT2D eigenvalue weighted by atomic mass is 9.90. The number of aliphatic hydroxyl groups is 1. The molecular weight excluding hydrogens is 546 g/mol. The number of likely N-dealkylation sites (tertiary alicyclic amines) is 1. The molecule has 1 fully saturated rings. The molecule has 7 N–H and O–H groups in total. The quantitative estimate of drug-likeness (QED) is 0.119. The minimum absolute atomic E-state index is 0.232. The number of nitrogens with one attached hydrogen (secondary N) is 2. The molecule has 4 atom stereocenters. The van der Waals surface area contributed by atoms with Gasteiger partial charge in [-0.1, -0.05) is 30.3 Å². The van der Waals surface area contributed by atoms with E-state index in [0.29, 0.717) is 36.3 Å². The van der Waals surface area contributed by atoms with E-state index in [4.69, 9.17) is 11.5 Å². The van der Waals surface area contributed by atoms with E-state index in [1.54, 1.807) is 30.3 Å². The number of hydrogen-bond acceptors (Lipinski definition) is 9. The molecule has 1 saturated heterocycles. The predicted molar refractivity (Wildman–Crippen MR) is 153 cm³/mol. The van der Waals surface area contributed by atoms with Gasteiger partial charge in [0.25, 0.3) is 11.8 Å². The van der Waals surface area contributed by atoms with E-state index < -0.39 is 59.2 Å². The molecule has 1 aliphatic rings. The second-order valence-electron chi connectivity index (χ2n) is 10.6. The number of rotatable bonds is 12. The molecule has 6 amide bonds. The summed E-state index contributed by atoms with van der Waals surface area (Å²) in [5, 5.41) is 14.4. The van der Waals surface area contributed by atoms with Crippen LogP contribution in [0, 0.1) is 0 Å². The Labute approximate surface area is 245 Å². The van der Waals surface area contributed by atoms with Crippen molar-refractivity contribution in [1.29, 1.82) is 0 Å². The number of Topliss-reactive ketones (excluding diaryl/α,β-unsaturated/α-hetero) is 1. The molecule has 1 aromatic rings. The number of carbonyl (C=O) groups is 6. The van der Waals surface area contributed by atoms with Gasteiger partial charge in [0, 0.05) is 13.6 Å². The lowest BCUT2D eigenvalue weighted by Gasteiger charge is -2.34. The Hall–Kier alpha value is -3.88. The van der Waals surface area contributed by atoms with Gasteiger partial charge >= 0.3 is 6.03 Å². The van der Waals surface area contributed by atoms with E-state index in [2.05, 4.69) is 10.7 Å². The van der Waals surface area contributed by atoms with E-state index in [0.717, 1.165) is 11.9 Å². The number of imide groups is 1. The van der Waals surface area contributed by atoms with Crippen molar-refractivity contribution in [1.82, 2.24) is 25.6 Å². The van der Waals surface area contributed by atoms with Crippen LogP contribution in [0.15, 0.2) is 30.3 Å². The number of hydrazine groups is 1. The van der Waals surface area contributed by atoms with Gasteiger partial charge in [-0.2, -0.15) is 0 Å². The second kappa shape index (κ2) is 15.4. The number of unbranched alkanes of at least 4 members (excludes halogenated alkanes) is 1. The van der Waals surface area contributed by atoms with Crippen LogP contribution in [-0.2, 0) is 30.5 Å². The van der Waals surface area contributed by atoms with Gasteiger partial charge in [-0.25, -0.2) is 9.80 Å². The minimum Gasteiger partial charge on any atom is -0.373 e. The highest BCUT2D eigenvalue weighted by atomic mass is 16.3. The lowest BCUT2D eigenvalue weighted by Crippen LogP contribution is -2.60. The van der Waals surface area contributed by atoms with Gasteiger partial charge in [-0.3, -0.25) is 34.3 Å². The van der Waals surface area contributed by atoms with Gasteiger partial charge in [-0.05, 0) is 65.0 Å². The zero-order valence-electron chi connectivity index (χ0n) is 24.7. The van der Waals surface area contributed by atoms with Crippen LogP contribution in [0.3, 0.4) is 0 Å². The number of carbonyl (C=O) groups excluding carboxylic acids is 6. The first-order valence-corrected chi connectivity index (χ1v) is 14.0. The third kappa shape index (κ3) is 8.57. The molecular formula is C28H43N7O7. The van der Waals surface area contributed by atoms with Crippen LogP contribution < -0.4 is 22.2 Å². The molecule has 0 aliphatic carbocycles. The van der Waals surface area contributed by atoms with E-state index in [1.165, 1.54) is 25.8 Å². The summed E-state index contributed by atoms with van der Waals surface area (Å²) in [5.74, 6) is -3.64. The van der Waals surface area contributed by atoms with E-state index in [1.807, 2.05) is 0 Å². The summed E-state index contributed by atoms with van der Waals surface area (Å²) in [6.07, 6.45) is 1.32. The van der Waals surface area contributed by atoms with Gasteiger partial charge < -0.3 is 26.8 Å². The molecule has 0 aromatic heterocycles. The normalized spacial score (nSPS) is 17.4. The Morgan fingerprint density at radius 2 is 1.76 bits per heavy atom. The van der Waals surface area contributed by atoms with Gasteiger partial charge in [0.15, 0.2) is 5.78 Å². The summed E-state index contributed by atoms with van der Waals surface area (Å²) >= 11 is 0. The van der Waals surface area contributed by atoms with Crippen LogP contribution in [0.5, 0.6) is 0 Å². The van der Waals surface area contributed by atoms with Crippen LogP contribution in [0.25, 0.3) is 0 Å². The molecule has 2 rings (SSSR count). The van der Waals surface area contributed by atoms with Crippen LogP contribution >= 0.6 is 0 Å².